The van der Waals surface area contributed by atoms with Crippen LogP contribution in [-0.2, 0) is 4.79 Å². The van der Waals surface area contributed by atoms with E-state index in [0.29, 0.717) is 18.7 Å². The molecule has 1 N–H and O–H groups in total. The summed E-state index contributed by atoms with van der Waals surface area (Å²) in [5, 5.41) is 2.79. The van der Waals surface area contributed by atoms with Crippen LogP contribution in [-0.4, -0.2) is 103 Å². The zero-order valence-electron chi connectivity index (χ0n) is 18.1. The maximum Gasteiger partial charge on any atom is 0.252 e. The van der Waals surface area contributed by atoms with Crippen LogP contribution in [0.15, 0.2) is 18.3 Å². The number of anilines is 1. The lowest BCUT2D eigenvalue weighted by molar-refractivity contribution is -0.134. The van der Waals surface area contributed by atoms with E-state index in [9.17, 15) is 9.59 Å². The second kappa shape index (κ2) is 9.75. The Morgan fingerprint density at radius 1 is 1.03 bits per heavy atom. The van der Waals surface area contributed by atoms with Crippen LogP contribution in [0.5, 0.6) is 0 Å². The molecular formula is C22H34N6O2. The van der Waals surface area contributed by atoms with Crippen LogP contribution in [0.3, 0.4) is 0 Å². The number of piperazine rings is 2. The first-order valence-electron chi connectivity index (χ1n) is 11.4. The average molecular weight is 415 g/mol. The molecule has 2 amide bonds. The van der Waals surface area contributed by atoms with Gasteiger partial charge in [-0.05, 0) is 31.9 Å². The van der Waals surface area contributed by atoms with Crippen LogP contribution in [0.2, 0.25) is 0 Å². The van der Waals surface area contributed by atoms with Crippen LogP contribution in [0.4, 0.5) is 5.82 Å². The van der Waals surface area contributed by atoms with Gasteiger partial charge < -0.3 is 15.1 Å². The van der Waals surface area contributed by atoms with Crippen LogP contribution in [0, 0.1) is 0 Å². The maximum atomic E-state index is 12.7. The van der Waals surface area contributed by atoms with Crippen molar-refractivity contribution in [3.8, 4) is 0 Å². The minimum atomic E-state index is -0.0894. The van der Waals surface area contributed by atoms with Crippen molar-refractivity contribution in [3.05, 3.63) is 23.9 Å². The summed E-state index contributed by atoms with van der Waals surface area (Å²) in [6.07, 6.45) is 5.67. The Bertz CT molecular complexity index is 720. The van der Waals surface area contributed by atoms with E-state index in [2.05, 4.69) is 25.0 Å². The van der Waals surface area contributed by atoms with Crippen LogP contribution in [0.25, 0.3) is 0 Å². The van der Waals surface area contributed by atoms with Gasteiger partial charge in [0.2, 0.25) is 5.91 Å². The van der Waals surface area contributed by atoms with Crippen LogP contribution < -0.4 is 10.2 Å². The molecule has 1 saturated carbocycles. The summed E-state index contributed by atoms with van der Waals surface area (Å²) in [5.74, 6) is 1.07. The average Bonchev–Trinajstić information content (AvgIpc) is 2.74. The van der Waals surface area contributed by atoms with E-state index in [4.69, 9.17) is 0 Å². The summed E-state index contributed by atoms with van der Waals surface area (Å²) >= 11 is 0. The lowest BCUT2D eigenvalue weighted by Gasteiger charge is -2.43. The highest BCUT2D eigenvalue weighted by Gasteiger charge is 2.30. The minimum absolute atomic E-state index is 0.0894. The number of nitrogens with one attached hydrogen (secondary N) is 1. The molecule has 1 aliphatic carbocycles. The Hall–Kier alpha value is -2.19. The third-order valence-electron chi connectivity index (χ3n) is 6.66. The molecule has 8 heteroatoms. The van der Waals surface area contributed by atoms with E-state index < -0.39 is 0 Å². The van der Waals surface area contributed by atoms with Gasteiger partial charge in [-0.15, -0.1) is 0 Å². The summed E-state index contributed by atoms with van der Waals surface area (Å²) < 4.78 is 0. The molecule has 0 bridgehead atoms. The molecule has 3 heterocycles. The maximum absolute atomic E-state index is 12.7. The first kappa shape index (κ1) is 21.1. The Balaban J connectivity index is 1.20. The van der Waals surface area contributed by atoms with Gasteiger partial charge in [-0.2, -0.15) is 0 Å². The summed E-state index contributed by atoms with van der Waals surface area (Å²) in [6, 6.07) is 4.51. The monoisotopic (exact) mass is 414 g/mol. The topological polar surface area (TPSA) is 72.0 Å². The first-order chi connectivity index (χ1) is 14.6. The first-order valence-corrected chi connectivity index (χ1v) is 11.4. The van der Waals surface area contributed by atoms with Crippen molar-refractivity contribution in [1.29, 1.82) is 0 Å². The summed E-state index contributed by atoms with van der Waals surface area (Å²) in [4.78, 5) is 38.1. The van der Waals surface area contributed by atoms with Gasteiger partial charge in [0.25, 0.3) is 5.91 Å². The fourth-order valence-electron chi connectivity index (χ4n) is 4.48. The zero-order chi connectivity index (χ0) is 20.9. The quantitative estimate of drug-likeness (QED) is 0.737. The van der Waals surface area contributed by atoms with Gasteiger partial charge in [0.05, 0.1) is 12.1 Å². The summed E-state index contributed by atoms with van der Waals surface area (Å²) in [5.41, 5.74) is 0.585. The number of hydrogen-bond acceptors (Lipinski definition) is 6. The highest BCUT2D eigenvalue weighted by Crippen LogP contribution is 2.25. The van der Waals surface area contributed by atoms with Gasteiger partial charge in [0.15, 0.2) is 0 Å². The fourth-order valence-corrected chi connectivity index (χ4v) is 4.48. The molecule has 0 spiro atoms. The molecule has 1 aromatic rings. The second-order valence-corrected chi connectivity index (χ2v) is 8.53. The highest BCUT2D eigenvalue weighted by atomic mass is 16.2. The van der Waals surface area contributed by atoms with E-state index in [1.165, 1.54) is 19.3 Å². The predicted octanol–water partition coefficient (Wildman–Crippen LogP) is 0.650. The number of pyridine rings is 1. The molecule has 8 nitrogen and oxygen atoms in total. The molecule has 2 saturated heterocycles. The molecule has 0 unspecified atom stereocenters. The van der Waals surface area contributed by atoms with E-state index in [0.717, 1.165) is 64.2 Å². The van der Waals surface area contributed by atoms with Gasteiger partial charge in [-0.3, -0.25) is 19.4 Å². The van der Waals surface area contributed by atoms with Crippen molar-refractivity contribution in [2.45, 2.75) is 32.2 Å². The number of carbonyl (C=O) groups is 2. The van der Waals surface area contributed by atoms with E-state index >= 15 is 0 Å². The molecular weight excluding hydrogens is 380 g/mol. The SMILES string of the molecule is CCNC(=O)c1ccc(N2CCN(CC(=O)N3CCN(C4CCC4)CC3)CC2)nc1. The van der Waals surface area contributed by atoms with Gasteiger partial charge in [-0.25, -0.2) is 4.98 Å². The van der Waals surface area contributed by atoms with Crippen molar-refractivity contribution in [3.63, 3.8) is 0 Å². The normalized spacial score (nSPS) is 21.4. The molecule has 164 valence electrons. The smallest absolute Gasteiger partial charge is 0.252 e. The summed E-state index contributed by atoms with van der Waals surface area (Å²) in [7, 11) is 0. The molecule has 0 aromatic carbocycles. The second-order valence-electron chi connectivity index (χ2n) is 8.53. The highest BCUT2D eigenvalue weighted by molar-refractivity contribution is 5.94. The standard InChI is InChI=1S/C22H34N6O2/c1-2-23-22(30)18-6-7-20(24-16-18)27-10-8-25(9-11-27)17-21(29)28-14-12-26(13-15-28)19-4-3-5-19/h6-7,16,19H,2-5,8-15,17H2,1H3,(H,23,30). The third-order valence-corrected chi connectivity index (χ3v) is 6.66. The largest absolute Gasteiger partial charge is 0.354 e. The number of amides is 2. The molecule has 1 aromatic heterocycles. The van der Waals surface area contributed by atoms with Crippen molar-refractivity contribution in [2.24, 2.45) is 0 Å². The van der Waals surface area contributed by atoms with E-state index in [1.54, 1.807) is 6.20 Å². The van der Waals surface area contributed by atoms with Gasteiger partial charge >= 0.3 is 0 Å². The molecule has 3 aliphatic rings. The fraction of sp³-hybridized carbons (Fsp3) is 0.682. The molecule has 0 radical (unpaired) electrons. The lowest BCUT2D eigenvalue weighted by atomic mass is 9.91. The molecule has 4 rings (SSSR count). The van der Waals surface area contributed by atoms with E-state index in [1.807, 2.05) is 24.0 Å². The van der Waals surface area contributed by atoms with Crippen molar-refractivity contribution in [2.75, 3.05) is 70.3 Å². The van der Waals surface area contributed by atoms with E-state index in [-0.39, 0.29) is 11.8 Å². The van der Waals surface area contributed by atoms with Crippen LogP contribution in [0.1, 0.15) is 36.5 Å². The van der Waals surface area contributed by atoms with Crippen LogP contribution >= 0.6 is 0 Å². The summed E-state index contributed by atoms with van der Waals surface area (Å²) in [6.45, 7) is 10.2. The minimum Gasteiger partial charge on any atom is -0.354 e. The molecule has 0 atom stereocenters. The number of nitrogens with zero attached hydrogens (tertiary/aromatic N) is 5. The Labute approximate surface area is 179 Å². The zero-order valence-corrected chi connectivity index (χ0v) is 18.1. The van der Waals surface area contributed by atoms with Crippen molar-refractivity contribution in [1.82, 2.24) is 25.0 Å². The van der Waals surface area contributed by atoms with Gasteiger partial charge in [0, 0.05) is 71.1 Å². The number of rotatable bonds is 6. The molecule has 30 heavy (non-hydrogen) atoms. The Morgan fingerprint density at radius 3 is 2.33 bits per heavy atom. The Kier molecular flexibility index (Phi) is 6.84. The van der Waals surface area contributed by atoms with Gasteiger partial charge in [0.1, 0.15) is 5.82 Å². The number of carbonyl (C=O) groups excluding carboxylic acids is 2. The number of aromatic nitrogens is 1. The molecule has 3 fully saturated rings. The lowest BCUT2D eigenvalue weighted by Crippen LogP contribution is -2.56. The third kappa shape index (κ3) is 4.92. The molecule has 2 aliphatic heterocycles. The van der Waals surface area contributed by atoms with Crippen molar-refractivity contribution >= 4 is 17.6 Å². The number of hydrogen-bond donors (Lipinski definition) is 1. The van der Waals surface area contributed by atoms with Crippen molar-refractivity contribution < 1.29 is 9.59 Å². The predicted molar refractivity (Wildman–Crippen MR) is 117 cm³/mol. The van der Waals surface area contributed by atoms with Gasteiger partial charge in [-0.1, -0.05) is 6.42 Å². The Morgan fingerprint density at radius 2 is 1.77 bits per heavy atom.